The third-order valence-corrected chi connectivity index (χ3v) is 2.29. The smallest absolute Gasteiger partial charge is 0.225 e. The number of carbonyl (C=O) groups excluding carboxylic acids is 3. The highest BCUT2D eigenvalue weighted by molar-refractivity contribution is 5.97. The third kappa shape index (κ3) is 4.18. The molecule has 1 rings (SSSR count). The molecule has 1 atom stereocenters. The van der Waals surface area contributed by atoms with Crippen molar-refractivity contribution in [3.8, 4) is 0 Å². The first-order valence-electron chi connectivity index (χ1n) is 5.39. The zero-order valence-corrected chi connectivity index (χ0v) is 9.90. The van der Waals surface area contributed by atoms with Gasteiger partial charge in [0.25, 0.3) is 0 Å². The van der Waals surface area contributed by atoms with Gasteiger partial charge in [0.2, 0.25) is 5.91 Å². The Labute approximate surface area is 100 Å². The van der Waals surface area contributed by atoms with Gasteiger partial charge in [0.05, 0.1) is 0 Å². The monoisotopic (exact) mass is 233 g/mol. The van der Waals surface area contributed by atoms with Crippen LogP contribution >= 0.6 is 0 Å². The predicted octanol–water partition coefficient (Wildman–Crippen LogP) is 2.05. The second kappa shape index (κ2) is 5.94. The number of rotatable bonds is 5. The highest BCUT2D eigenvalue weighted by Crippen LogP contribution is 2.12. The Bertz CT molecular complexity index is 440. The summed E-state index contributed by atoms with van der Waals surface area (Å²) in [6.45, 7) is 3.15. The molecule has 17 heavy (non-hydrogen) atoms. The van der Waals surface area contributed by atoms with Crippen molar-refractivity contribution in [3.63, 3.8) is 0 Å². The van der Waals surface area contributed by atoms with Crippen molar-refractivity contribution in [3.05, 3.63) is 29.8 Å². The molecule has 0 aliphatic rings. The molecule has 0 heterocycles. The second-order valence-electron chi connectivity index (χ2n) is 4.00. The first-order chi connectivity index (χ1) is 8.02. The van der Waals surface area contributed by atoms with E-state index in [1.54, 1.807) is 31.2 Å². The minimum absolute atomic E-state index is 0.0534. The minimum atomic E-state index is -0.300. The summed E-state index contributed by atoms with van der Waals surface area (Å²) < 4.78 is 0. The molecule has 1 N–H and O–H groups in total. The standard InChI is InChI=1S/C13H15NO3/c1-9(8-15)6-13(17)14-12-5-3-4-11(7-12)10(2)16/h3-5,7-9H,6H2,1-2H3,(H,14,17). The summed E-state index contributed by atoms with van der Waals surface area (Å²) in [6, 6.07) is 6.71. The van der Waals surface area contributed by atoms with Crippen LogP contribution < -0.4 is 5.32 Å². The second-order valence-corrected chi connectivity index (χ2v) is 4.00. The number of amides is 1. The molecule has 0 fully saturated rings. The summed E-state index contributed by atoms with van der Waals surface area (Å²) in [5.74, 6) is -0.585. The number of ketones is 1. The molecule has 0 aliphatic heterocycles. The van der Waals surface area contributed by atoms with E-state index in [0.29, 0.717) is 11.3 Å². The molecular weight excluding hydrogens is 218 g/mol. The van der Waals surface area contributed by atoms with E-state index in [1.807, 2.05) is 0 Å². The number of nitrogens with one attached hydrogen (secondary N) is 1. The quantitative estimate of drug-likeness (QED) is 0.625. The van der Waals surface area contributed by atoms with Gasteiger partial charge >= 0.3 is 0 Å². The predicted molar refractivity (Wildman–Crippen MR) is 64.9 cm³/mol. The fraction of sp³-hybridized carbons (Fsp3) is 0.308. The number of hydrogen-bond donors (Lipinski definition) is 1. The Morgan fingerprint density at radius 2 is 2.12 bits per heavy atom. The lowest BCUT2D eigenvalue weighted by Gasteiger charge is -2.07. The fourth-order valence-corrected chi connectivity index (χ4v) is 1.37. The van der Waals surface area contributed by atoms with Crippen LogP contribution in [0.5, 0.6) is 0 Å². The van der Waals surface area contributed by atoms with E-state index in [1.165, 1.54) is 6.92 Å². The van der Waals surface area contributed by atoms with E-state index < -0.39 is 0 Å². The molecule has 0 saturated heterocycles. The number of benzene rings is 1. The molecule has 1 unspecified atom stereocenters. The molecule has 1 aromatic carbocycles. The Balaban J connectivity index is 2.68. The summed E-state index contributed by atoms with van der Waals surface area (Å²) in [7, 11) is 0. The Hall–Kier alpha value is -1.97. The maximum Gasteiger partial charge on any atom is 0.225 e. The Morgan fingerprint density at radius 1 is 1.41 bits per heavy atom. The first-order valence-corrected chi connectivity index (χ1v) is 5.39. The number of Topliss-reactive ketones (excluding diaryl/α,β-unsaturated/α-hetero) is 1. The van der Waals surface area contributed by atoms with Gasteiger partial charge in [-0.1, -0.05) is 19.1 Å². The average Bonchev–Trinajstić information content (AvgIpc) is 2.28. The SMILES string of the molecule is CC(=O)c1cccc(NC(=O)CC(C)C=O)c1. The van der Waals surface area contributed by atoms with Crippen LogP contribution in [0.1, 0.15) is 30.6 Å². The summed E-state index contributed by atoms with van der Waals surface area (Å²) >= 11 is 0. The van der Waals surface area contributed by atoms with Gasteiger partial charge in [-0.25, -0.2) is 0 Å². The maximum atomic E-state index is 11.5. The van der Waals surface area contributed by atoms with Crippen molar-refractivity contribution in [2.24, 2.45) is 5.92 Å². The molecule has 0 bridgehead atoms. The highest BCUT2D eigenvalue weighted by Gasteiger charge is 2.08. The lowest BCUT2D eigenvalue weighted by atomic mass is 10.1. The van der Waals surface area contributed by atoms with Crippen molar-refractivity contribution in [1.29, 1.82) is 0 Å². The number of aldehydes is 1. The van der Waals surface area contributed by atoms with Gasteiger partial charge in [-0.3, -0.25) is 9.59 Å². The van der Waals surface area contributed by atoms with Gasteiger partial charge in [0.1, 0.15) is 6.29 Å². The number of carbonyl (C=O) groups is 3. The Morgan fingerprint density at radius 3 is 2.71 bits per heavy atom. The van der Waals surface area contributed by atoms with E-state index in [-0.39, 0.29) is 24.0 Å². The summed E-state index contributed by atoms with van der Waals surface area (Å²) in [4.78, 5) is 33.1. The molecule has 4 heteroatoms. The lowest BCUT2D eigenvalue weighted by Crippen LogP contribution is -2.15. The van der Waals surface area contributed by atoms with Gasteiger partial charge in [0.15, 0.2) is 5.78 Å². The minimum Gasteiger partial charge on any atom is -0.326 e. The number of hydrogen-bond acceptors (Lipinski definition) is 3. The molecular formula is C13H15NO3. The molecule has 1 amide bonds. The lowest BCUT2D eigenvalue weighted by molar-refractivity contribution is -0.120. The summed E-state index contributed by atoms with van der Waals surface area (Å²) in [5, 5.41) is 2.65. The highest BCUT2D eigenvalue weighted by atomic mass is 16.2. The van der Waals surface area contributed by atoms with Gasteiger partial charge in [0, 0.05) is 23.6 Å². The van der Waals surface area contributed by atoms with Crippen LogP contribution in [0.3, 0.4) is 0 Å². The molecule has 0 saturated carbocycles. The van der Waals surface area contributed by atoms with Crippen LogP contribution in [-0.2, 0) is 9.59 Å². The number of anilines is 1. The van der Waals surface area contributed by atoms with Gasteiger partial charge in [-0.2, -0.15) is 0 Å². The molecule has 4 nitrogen and oxygen atoms in total. The van der Waals surface area contributed by atoms with Crippen molar-refractivity contribution in [1.82, 2.24) is 0 Å². The van der Waals surface area contributed by atoms with Crippen LogP contribution in [-0.4, -0.2) is 18.0 Å². The van der Waals surface area contributed by atoms with Crippen LogP contribution in [0.2, 0.25) is 0 Å². The average molecular weight is 233 g/mol. The van der Waals surface area contributed by atoms with Gasteiger partial charge in [-0.05, 0) is 19.1 Å². The van der Waals surface area contributed by atoms with Crippen LogP contribution in [0.25, 0.3) is 0 Å². The van der Waals surface area contributed by atoms with Gasteiger partial charge in [-0.15, -0.1) is 0 Å². The van der Waals surface area contributed by atoms with E-state index in [0.717, 1.165) is 6.29 Å². The third-order valence-electron chi connectivity index (χ3n) is 2.29. The maximum absolute atomic E-state index is 11.5. The Kier molecular flexibility index (Phi) is 4.57. The largest absolute Gasteiger partial charge is 0.326 e. The summed E-state index contributed by atoms with van der Waals surface area (Å²) in [5.41, 5.74) is 1.12. The fourth-order valence-electron chi connectivity index (χ4n) is 1.37. The molecule has 90 valence electrons. The van der Waals surface area contributed by atoms with Crippen molar-refractivity contribution in [2.45, 2.75) is 20.3 Å². The van der Waals surface area contributed by atoms with E-state index in [2.05, 4.69) is 5.32 Å². The molecule has 0 aromatic heterocycles. The van der Waals surface area contributed by atoms with Crippen molar-refractivity contribution < 1.29 is 14.4 Å². The topological polar surface area (TPSA) is 63.2 Å². The summed E-state index contributed by atoms with van der Waals surface area (Å²) in [6.07, 6.45) is 0.888. The molecule has 0 aliphatic carbocycles. The molecule has 0 radical (unpaired) electrons. The van der Waals surface area contributed by atoms with E-state index >= 15 is 0 Å². The van der Waals surface area contributed by atoms with E-state index in [9.17, 15) is 14.4 Å². The van der Waals surface area contributed by atoms with Crippen molar-refractivity contribution >= 4 is 23.7 Å². The zero-order chi connectivity index (χ0) is 12.8. The molecule has 1 aromatic rings. The van der Waals surface area contributed by atoms with Crippen LogP contribution in [0.15, 0.2) is 24.3 Å². The first kappa shape index (κ1) is 13.1. The van der Waals surface area contributed by atoms with Crippen LogP contribution in [0.4, 0.5) is 5.69 Å². The van der Waals surface area contributed by atoms with Gasteiger partial charge < -0.3 is 10.1 Å². The normalized spacial score (nSPS) is 11.6. The van der Waals surface area contributed by atoms with E-state index in [4.69, 9.17) is 0 Å². The van der Waals surface area contributed by atoms with Crippen LogP contribution in [0, 0.1) is 5.92 Å². The van der Waals surface area contributed by atoms with Crippen molar-refractivity contribution in [2.75, 3.05) is 5.32 Å². The zero-order valence-electron chi connectivity index (χ0n) is 9.90. The molecule has 0 spiro atoms.